The van der Waals surface area contributed by atoms with Crippen LogP contribution in [0.15, 0.2) is 63.1 Å². The van der Waals surface area contributed by atoms with Gasteiger partial charge in [0.15, 0.2) is 21.8 Å². The number of nitro groups is 1. The predicted molar refractivity (Wildman–Crippen MR) is 158 cm³/mol. The fraction of sp³-hybridized carbons (Fsp3) is 0.345. The van der Waals surface area contributed by atoms with Crippen molar-refractivity contribution in [1.29, 1.82) is 0 Å². The first kappa shape index (κ1) is 30.4. The molecule has 3 aromatic carbocycles. The number of nitrogens with zero attached hydrogens (tertiary/aromatic N) is 2. The Balaban J connectivity index is 2.08. The lowest BCUT2D eigenvalue weighted by molar-refractivity contribution is -0.387. The van der Waals surface area contributed by atoms with E-state index in [0.29, 0.717) is 58.1 Å². The van der Waals surface area contributed by atoms with Gasteiger partial charge in [-0.05, 0) is 66.5 Å². The van der Waals surface area contributed by atoms with Crippen LogP contribution in [0.25, 0.3) is 11.1 Å². The molecule has 0 unspecified atom stereocenters. The van der Waals surface area contributed by atoms with Gasteiger partial charge in [0, 0.05) is 18.2 Å². The number of aryl methyl sites for hydroxylation is 1. The van der Waals surface area contributed by atoms with Crippen molar-refractivity contribution in [3.63, 3.8) is 0 Å². The lowest BCUT2D eigenvalue weighted by Gasteiger charge is -2.31. The number of sulfonamides is 1. The summed E-state index contributed by atoms with van der Waals surface area (Å²) in [6.07, 6.45) is 2.95. The minimum atomic E-state index is -4.37. The molecule has 10 nitrogen and oxygen atoms in total. The van der Waals surface area contributed by atoms with Crippen LogP contribution in [-0.2, 0) is 16.4 Å². The monoisotopic (exact) mass is 600 g/mol. The highest BCUT2D eigenvalue weighted by molar-refractivity contribution is 7.98. The second-order valence-electron chi connectivity index (χ2n) is 9.35. The number of methoxy groups -OCH3 is 3. The maximum atomic E-state index is 14.2. The second kappa shape index (κ2) is 12.5. The largest absolute Gasteiger partial charge is 0.493 e. The smallest absolute Gasteiger partial charge is 0.289 e. The molecular formula is C29H32N2O8S2. The van der Waals surface area contributed by atoms with Crippen LogP contribution in [0.5, 0.6) is 17.2 Å². The number of nitro benzene ring substituents is 1. The van der Waals surface area contributed by atoms with E-state index < -0.39 is 31.6 Å². The number of thioether (sulfide) groups is 1. The molecule has 0 fully saturated rings. The van der Waals surface area contributed by atoms with Gasteiger partial charge in [0.1, 0.15) is 0 Å². The second-order valence-corrected chi connectivity index (χ2v) is 12.1. The van der Waals surface area contributed by atoms with E-state index in [1.807, 2.05) is 13.0 Å². The molecule has 0 spiro atoms. The fourth-order valence-corrected chi connectivity index (χ4v) is 7.71. The molecule has 1 aliphatic carbocycles. The molecular weight excluding hydrogens is 568 g/mol. The summed E-state index contributed by atoms with van der Waals surface area (Å²) < 4.78 is 46.8. The summed E-state index contributed by atoms with van der Waals surface area (Å²) in [5.74, 6) is 1.22. The van der Waals surface area contributed by atoms with Gasteiger partial charge < -0.3 is 14.2 Å². The Kier molecular flexibility index (Phi) is 9.25. The van der Waals surface area contributed by atoms with Crippen molar-refractivity contribution >= 4 is 27.5 Å². The van der Waals surface area contributed by atoms with Gasteiger partial charge >= 0.3 is 0 Å². The van der Waals surface area contributed by atoms with Crippen molar-refractivity contribution in [3.05, 3.63) is 80.0 Å². The Morgan fingerprint density at radius 2 is 1.76 bits per heavy atom. The van der Waals surface area contributed by atoms with Crippen LogP contribution in [0, 0.1) is 10.1 Å². The predicted octanol–water partition coefficient (Wildman–Crippen LogP) is 5.46. The number of fused-ring (bicyclic) bond motifs is 3. The number of hydrogen-bond acceptors (Lipinski definition) is 9. The van der Waals surface area contributed by atoms with Crippen LogP contribution in [0.2, 0.25) is 0 Å². The van der Waals surface area contributed by atoms with Crippen molar-refractivity contribution in [2.45, 2.75) is 42.0 Å². The molecule has 41 heavy (non-hydrogen) atoms. The Morgan fingerprint density at radius 3 is 2.37 bits per heavy atom. The highest BCUT2D eigenvalue weighted by Gasteiger charge is 2.39. The molecule has 12 heteroatoms. The van der Waals surface area contributed by atoms with Gasteiger partial charge in [-0.1, -0.05) is 25.1 Å². The molecule has 0 aromatic heterocycles. The van der Waals surface area contributed by atoms with Gasteiger partial charge in [0.25, 0.3) is 5.69 Å². The number of para-hydroxylation sites is 1. The van der Waals surface area contributed by atoms with Crippen LogP contribution >= 0.6 is 11.8 Å². The lowest BCUT2D eigenvalue weighted by Crippen LogP contribution is -2.36. The zero-order valence-electron chi connectivity index (χ0n) is 23.5. The summed E-state index contributed by atoms with van der Waals surface area (Å²) in [5, 5.41) is 11.8. The number of hydrogen-bond donors (Lipinski definition) is 0. The normalized spacial score (nSPS) is 14.5. The molecule has 0 saturated heterocycles. The molecule has 0 radical (unpaired) electrons. The molecule has 218 valence electrons. The molecule has 0 bridgehead atoms. The number of ether oxygens (including phenoxy) is 3. The Labute approximate surface area is 243 Å². The van der Waals surface area contributed by atoms with Crippen LogP contribution < -0.4 is 19.6 Å². The van der Waals surface area contributed by atoms with E-state index in [0.717, 1.165) is 5.56 Å². The molecule has 0 amide bonds. The van der Waals surface area contributed by atoms with Crippen LogP contribution in [0.3, 0.4) is 0 Å². The maximum absolute atomic E-state index is 14.2. The zero-order valence-corrected chi connectivity index (χ0v) is 25.1. The SMILES string of the molecule is CCCN([C@H]1CCc2cc(OC)c(OC)c(OC)c2-c2ccc(SC)c(=O)cc21)S(=O)(=O)c1ccccc1[N+](=O)[O-]. The Morgan fingerprint density at radius 1 is 1.05 bits per heavy atom. The van der Waals surface area contributed by atoms with Crippen molar-refractivity contribution in [2.75, 3.05) is 34.1 Å². The first-order valence-corrected chi connectivity index (χ1v) is 15.6. The van der Waals surface area contributed by atoms with Gasteiger partial charge in [-0.25, -0.2) is 8.42 Å². The molecule has 0 saturated carbocycles. The molecule has 0 heterocycles. The molecule has 1 atom stereocenters. The van der Waals surface area contributed by atoms with Crippen LogP contribution in [-0.4, -0.2) is 51.8 Å². The van der Waals surface area contributed by atoms with Gasteiger partial charge in [0.05, 0.1) is 37.2 Å². The van der Waals surface area contributed by atoms with Crippen molar-refractivity contribution in [1.82, 2.24) is 4.31 Å². The summed E-state index contributed by atoms with van der Waals surface area (Å²) in [7, 11) is 0.162. The third-order valence-corrected chi connectivity index (χ3v) is 9.86. The number of benzene rings is 2. The molecule has 0 aliphatic heterocycles. The topological polar surface area (TPSA) is 125 Å². The van der Waals surface area contributed by atoms with E-state index in [4.69, 9.17) is 14.2 Å². The average Bonchev–Trinajstić information content (AvgIpc) is 3.22. The van der Waals surface area contributed by atoms with Crippen molar-refractivity contribution in [2.24, 2.45) is 0 Å². The van der Waals surface area contributed by atoms with E-state index in [1.54, 1.807) is 18.4 Å². The summed E-state index contributed by atoms with van der Waals surface area (Å²) in [5.41, 5.74) is 1.82. The third-order valence-electron chi connectivity index (χ3n) is 7.13. The summed E-state index contributed by atoms with van der Waals surface area (Å²) >= 11 is 1.29. The number of rotatable bonds is 10. The van der Waals surface area contributed by atoms with E-state index in [2.05, 4.69) is 0 Å². The highest BCUT2D eigenvalue weighted by atomic mass is 32.2. The van der Waals surface area contributed by atoms with E-state index in [-0.39, 0.29) is 12.0 Å². The van der Waals surface area contributed by atoms with Gasteiger partial charge in [-0.2, -0.15) is 4.31 Å². The maximum Gasteiger partial charge on any atom is 0.289 e. The Bertz CT molecular complexity index is 1640. The van der Waals surface area contributed by atoms with Crippen LogP contribution in [0.1, 0.15) is 36.9 Å². The molecule has 4 rings (SSSR count). The van der Waals surface area contributed by atoms with Crippen molar-refractivity contribution in [3.8, 4) is 28.4 Å². The molecule has 3 aromatic rings. The Hall–Kier alpha value is -3.61. The third kappa shape index (κ3) is 5.51. The highest BCUT2D eigenvalue weighted by Crippen LogP contribution is 2.51. The quantitative estimate of drug-likeness (QED) is 0.169. The summed E-state index contributed by atoms with van der Waals surface area (Å²) in [4.78, 5) is 24.6. The van der Waals surface area contributed by atoms with Crippen LogP contribution in [0.4, 0.5) is 5.69 Å². The summed E-state index contributed by atoms with van der Waals surface area (Å²) in [6.45, 7) is 1.92. The standard InChI is InChI=1S/C29H32N2O8S2/c1-6-15-30(41(35,36)26-10-8-7-9-22(26)31(33)34)21-13-11-18-16-24(37-2)28(38-3)29(39-4)27(18)19-12-14-25(40-5)23(32)17-20(19)21/h7-10,12,14,16-17,21H,6,11,13,15H2,1-5H3/t21-/m0/s1. The van der Waals surface area contributed by atoms with Gasteiger partial charge in [-0.3, -0.25) is 14.9 Å². The van der Waals surface area contributed by atoms with Gasteiger partial charge in [-0.15, -0.1) is 11.8 Å². The van der Waals surface area contributed by atoms with E-state index in [9.17, 15) is 23.3 Å². The first-order valence-electron chi connectivity index (χ1n) is 12.9. The fourth-order valence-electron chi connectivity index (χ4n) is 5.36. The van der Waals surface area contributed by atoms with E-state index >= 15 is 0 Å². The minimum Gasteiger partial charge on any atom is -0.493 e. The minimum absolute atomic E-state index is 0.0841. The van der Waals surface area contributed by atoms with Gasteiger partial charge in [0.2, 0.25) is 15.8 Å². The van der Waals surface area contributed by atoms with E-state index in [1.165, 1.54) is 67.7 Å². The first-order chi connectivity index (χ1) is 19.6. The average molecular weight is 601 g/mol. The summed E-state index contributed by atoms with van der Waals surface area (Å²) in [6, 6.07) is 11.3. The zero-order chi connectivity index (χ0) is 29.9. The van der Waals surface area contributed by atoms with Crippen molar-refractivity contribution < 1.29 is 27.6 Å². The molecule has 1 aliphatic rings. The lowest BCUT2D eigenvalue weighted by atomic mass is 9.95. The molecule has 0 N–H and O–H groups in total.